The Morgan fingerprint density at radius 1 is 1.59 bits per heavy atom. The molecule has 0 saturated heterocycles. The maximum atomic E-state index is 11.8. The fourth-order valence-electron chi connectivity index (χ4n) is 1.18. The van der Waals surface area contributed by atoms with Gasteiger partial charge in [0, 0.05) is 13.1 Å². The number of hydrogen-bond acceptors (Lipinski definition) is 5. The Kier molecular flexibility index (Phi) is 3.65. The predicted octanol–water partition coefficient (Wildman–Crippen LogP) is 2.18. The van der Waals surface area contributed by atoms with Crippen LogP contribution in [0.2, 0.25) is 0 Å². The van der Waals surface area contributed by atoms with E-state index in [0.717, 1.165) is 0 Å². The van der Waals surface area contributed by atoms with Gasteiger partial charge in [-0.05, 0) is 27.7 Å². The number of anilines is 1. The van der Waals surface area contributed by atoms with Crippen molar-refractivity contribution < 1.29 is 14.1 Å². The number of hydrogen-bond donors (Lipinski definition) is 1. The van der Waals surface area contributed by atoms with Crippen molar-refractivity contribution in [3.05, 3.63) is 11.8 Å². The highest BCUT2D eigenvalue weighted by Crippen LogP contribution is 2.22. The zero-order valence-corrected chi connectivity index (χ0v) is 10.9. The van der Waals surface area contributed by atoms with Gasteiger partial charge in [0.1, 0.15) is 5.60 Å². The van der Waals surface area contributed by atoms with E-state index in [1.165, 1.54) is 4.90 Å². The molecule has 1 amide bonds. The van der Waals surface area contributed by atoms with E-state index in [9.17, 15) is 4.79 Å². The lowest BCUT2D eigenvalue weighted by Gasteiger charge is -2.27. The highest BCUT2D eigenvalue weighted by Gasteiger charge is 2.25. The Balaban J connectivity index is 2.70. The quantitative estimate of drug-likeness (QED) is 0.858. The van der Waals surface area contributed by atoms with E-state index >= 15 is 0 Å². The maximum absolute atomic E-state index is 11.8. The van der Waals surface area contributed by atoms with Crippen molar-refractivity contribution >= 4 is 11.9 Å². The summed E-state index contributed by atoms with van der Waals surface area (Å²) in [6.07, 6.45) is -0.417. The van der Waals surface area contributed by atoms with Crippen molar-refractivity contribution in [2.75, 3.05) is 12.8 Å². The molecule has 0 aliphatic heterocycles. The molecule has 1 aromatic heterocycles. The minimum atomic E-state index is -0.522. The first kappa shape index (κ1) is 13.3. The second kappa shape index (κ2) is 4.65. The van der Waals surface area contributed by atoms with Gasteiger partial charge in [-0.25, -0.2) is 4.79 Å². The third-order valence-electron chi connectivity index (χ3n) is 2.22. The summed E-state index contributed by atoms with van der Waals surface area (Å²) in [5, 5.41) is 3.58. The predicted molar refractivity (Wildman–Crippen MR) is 63.3 cm³/mol. The van der Waals surface area contributed by atoms with E-state index in [4.69, 9.17) is 15.0 Å². The zero-order valence-electron chi connectivity index (χ0n) is 10.9. The van der Waals surface area contributed by atoms with Crippen molar-refractivity contribution in [1.29, 1.82) is 0 Å². The smallest absolute Gasteiger partial charge is 0.410 e. The fourth-order valence-corrected chi connectivity index (χ4v) is 1.18. The van der Waals surface area contributed by atoms with Crippen LogP contribution in [0.4, 0.5) is 10.6 Å². The first-order valence-electron chi connectivity index (χ1n) is 5.38. The minimum Gasteiger partial charge on any atom is -0.444 e. The standard InChI is InChI=1S/C11H19N3O3/c1-7(8-6-9(12)13-17-8)14(5)10(15)16-11(2,3)4/h6-7H,1-5H3,(H2,12,13). The summed E-state index contributed by atoms with van der Waals surface area (Å²) in [7, 11) is 1.64. The molecule has 1 heterocycles. The average Bonchev–Trinajstić information content (AvgIpc) is 2.60. The maximum Gasteiger partial charge on any atom is 0.410 e. The number of nitrogens with two attached hydrogens (primary N) is 1. The van der Waals surface area contributed by atoms with E-state index in [1.807, 2.05) is 27.7 Å². The van der Waals surface area contributed by atoms with E-state index in [0.29, 0.717) is 11.6 Å². The molecule has 1 aromatic rings. The lowest BCUT2D eigenvalue weighted by atomic mass is 10.2. The Bertz CT molecular complexity index is 395. The Hall–Kier alpha value is -1.72. The molecule has 0 saturated carbocycles. The minimum absolute atomic E-state index is 0.283. The first-order valence-corrected chi connectivity index (χ1v) is 5.38. The number of nitrogens with zero attached hydrogens (tertiary/aromatic N) is 2. The largest absolute Gasteiger partial charge is 0.444 e. The summed E-state index contributed by atoms with van der Waals surface area (Å²) in [6.45, 7) is 7.26. The third kappa shape index (κ3) is 3.65. The van der Waals surface area contributed by atoms with Crippen LogP contribution in [0, 0.1) is 0 Å². The molecule has 0 bridgehead atoms. The molecular weight excluding hydrogens is 222 g/mol. The molecule has 6 heteroatoms. The van der Waals surface area contributed by atoms with Crippen LogP contribution in [-0.2, 0) is 4.74 Å². The van der Waals surface area contributed by atoms with Crippen LogP contribution >= 0.6 is 0 Å². The Labute approximate surface area is 101 Å². The number of carbonyl (C=O) groups is 1. The van der Waals surface area contributed by atoms with Crippen molar-refractivity contribution in [3.63, 3.8) is 0 Å². The summed E-state index contributed by atoms with van der Waals surface area (Å²) in [6, 6.07) is 1.31. The average molecular weight is 241 g/mol. The van der Waals surface area contributed by atoms with Gasteiger partial charge in [-0.2, -0.15) is 0 Å². The molecule has 1 rings (SSSR count). The molecule has 0 spiro atoms. The molecule has 0 fully saturated rings. The van der Waals surface area contributed by atoms with Gasteiger partial charge in [-0.15, -0.1) is 0 Å². The molecule has 6 nitrogen and oxygen atoms in total. The topological polar surface area (TPSA) is 81.6 Å². The molecule has 1 atom stereocenters. The SMILES string of the molecule is CC(c1cc(N)no1)N(C)C(=O)OC(C)(C)C. The monoisotopic (exact) mass is 241 g/mol. The molecule has 2 N–H and O–H groups in total. The molecule has 1 unspecified atom stereocenters. The van der Waals surface area contributed by atoms with Gasteiger partial charge in [0.15, 0.2) is 11.6 Å². The summed E-state index contributed by atoms with van der Waals surface area (Å²) in [5.74, 6) is 0.820. The normalized spacial score (nSPS) is 13.2. The van der Waals surface area contributed by atoms with Gasteiger partial charge in [0.25, 0.3) is 0 Å². The van der Waals surface area contributed by atoms with Gasteiger partial charge < -0.3 is 19.9 Å². The lowest BCUT2D eigenvalue weighted by Crippen LogP contribution is -2.35. The van der Waals surface area contributed by atoms with Crippen LogP contribution in [-0.4, -0.2) is 28.8 Å². The molecule has 0 aliphatic rings. The lowest BCUT2D eigenvalue weighted by molar-refractivity contribution is 0.0212. The van der Waals surface area contributed by atoms with Gasteiger partial charge in [0.05, 0.1) is 6.04 Å². The number of amides is 1. The van der Waals surface area contributed by atoms with Crippen LogP contribution in [0.15, 0.2) is 10.6 Å². The van der Waals surface area contributed by atoms with Crippen LogP contribution in [0.1, 0.15) is 39.5 Å². The van der Waals surface area contributed by atoms with E-state index in [1.54, 1.807) is 13.1 Å². The van der Waals surface area contributed by atoms with Crippen LogP contribution in [0.3, 0.4) is 0 Å². The van der Waals surface area contributed by atoms with Crippen molar-refractivity contribution in [3.8, 4) is 0 Å². The number of ether oxygens (including phenoxy) is 1. The second-order valence-electron chi connectivity index (χ2n) is 4.92. The number of carbonyl (C=O) groups excluding carboxylic acids is 1. The number of nitrogen functional groups attached to an aromatic ring is 1. The summed E-state index contributed by atoms with van der Waals surface area (Å²) in [4.78, 5) is 13.2. The van der Waals surface area contributed by atoms with E-state index in [2.05, 4.69) is 5.16 Å². The highest BCUT2D eigenvalue weighted by molar-refractivity contribution is 5.68. The van der Waals surface area contributed by atoms with Crippen molar-refractivity contribution in [2.45, 2.75) is 39.3 Å². The summed E-state index contributed by atoms with van der Waals surface area (Å²) < 4.78 is 10.2. The van der Waals surface area contributed by atoms with Crippen LogP contribution in [0.5, 0.6) is 0 Å². The third-order valence-corrected chi connectivity index (χ3v) is 2.22. The Morgan fingerprint density at radius 2 is 2.18 bits per heavy atom. The van der Waals surface area contributed by atoms with Gasteiger partial charge in [-0.3, -0.25) is 0 Å². The van der Waals surface area contributed by atoms with E-state index in [-0.39, 0.29) is 6.04 Å². The molecule has 0 radical (unpaired) electrons. The number of aromatic nitrogens is 1. The number of rotatable bonds is 2. The van der Waals surface area contributed by atoms with Crippen LogP contribution < -0.4 is 5.73 Å². The van der Waals surface area contributed by atoms with Crippen molar-refractivity contribution in [2.24, 2.45) is 0 Å². The second-order valence-corrected chi connectivity index (χ2v) is 4.92. The van der Waals surface area contributed by atoms with Crippen molar-refractivity contribution in [1.82, 2.24) is 10.1 Å². The summed E-state index contributed by atoms with van der Waals surface area (Å²) >= 11 is 0. The van der Waals surface area contributed by atoms with Gasteiger partial charge in [-0.1, -0.05) is 5.16 Å². The molecule has 96 valence electrons. The van der Waals surface area contributed by atoms with Gasteiger partial charge in [0.2, 0.25) is 0 Å². The van der Waals surface area contributed by atoms with Gasteiger partial charge >= 0.3 is 6.09 Å². The van der Waals surface area contributed by atoms with Crippen LogP contribution in [0.25, 0.3) is 0 Å². The highest BCUT2D eigenvalue weighted by atomic mass is 16.6. The Morgan fingerprint density at radius 3 is 2.59 bits per heavy atom. The fraction of sp³-hybridized carbons (Fsp3) is 0.636. The zero-order chi connectivity index (χ0) is 13.2. The molecule has 17 heavy (non-hydrogen) atoms. The molecular formula is C11H19N3O3. The van der Waals surface area contributed by atoms with E-state index < -0.39 is 11.7 Å². The first-order chi connectivity index (χ1) is 7.70. The molecule has 0 aliphatic carbocycles. The summed E-state index contributed by atoms with van der Waals surface area (Å²) in [5.41, 5.74) is 4.93. The molecule has 0 aromatic carbocycles.